The summed E-state index contributed by atoms with van der Waals surface area (Å²) in [6.07, 6.45) is 0.210. The molecule has 7 nitrogen and oxygen atoms in total. The monoisotopic (exact) mass is 408 g/mol. The van der Waals surface area contributed by atoms with E-state index in [2.05, 4.69) is 27.5 Å². The van der Waals surface area contributed by atoms with Crippen molar-refractivity contribution in [1.29, 1.82) is 0 Å². The minimum absolute atomic E-state index is 0.181. The van der Waals surface area contributed by atoms with Gasteiger partial charge in [-0.1, -0.05) is 42.5 Å². The molecule has 0 saturated heterocycles. The second-order valence-corrected chi connectivity index (χ2v) is 7.44. The molecule has 7 heteroatoms. The van der Waals surface area contributed by atoms with Gasteiger partial charge in [0, 0.05) is 19.5 Å². The maximum Gasteiger partial charge on any atom is 0.354 e. The van der Waals surface area contributed by atoms with Crippen molar-refractivity contribution in [3.63, 3.8) is 0 Å². The molecule has 0 radical (unpaired) electrons. The van der Waals surface area contributed by atoms with E-state index in [1.165, 1.54) is 5.56 Å². The van der Waals surface area contributed by atoms with E-state index in [1.54, 1.807) is 11.9 Å². The highest BCUT2D eigenvalue weighted by Crippen LogP contribution is 2.25. The number of nitrogens with zero attached hydrogens (tertiary/aromatic N) is 3. The van der Waals surface area contributed by atoms with E-state index in [0.717, 1.165) is 17.8 Å². The third-order valence-corrected chi connectivity index (χ3v) is 4.73. The summed E-state index contributed by atoms with van der Waals surface area (Å²) >= 11 is 0. The van der Waals surface area contributed by atoms with Crippen molar-refractivity contribution in [3.8, 4) is 0 Å². The van der Waals surface area contributed by atoms with Gasteiger partial charge in [0.15, 0.2) is 0 Å². The first-order valence-electron chi connectivity index (χ1n) is 10.1. The van der Waals surface area contributed by atoms with E-state index in [1.807, 2.05) is 56.6 Å². The van der Waals surface area contributed by atoms with E-state index >= 15 is 0 Å². The fourth-order valence-electron chi connectivity index (χ4n) is 3.31. The lowest BCUT2D eigenvalue weighted by molar-refractivity contribution is -0.135. The Morgan fingerprint density at radius 3 is 2.40 bits per heavy atom. The minimum atomic E-state index is -0.597. The molecule has 1 aliphatic heterocycles. The summed E-state index contributed by atoms with van der Waals surface area (Å²) in [6, 6.07) is 16.9. The molecule has 0 fully saturated rings. The summed E-state index contributed by atoms with van der Waals surface area (Å²) in [4.78, 5) is 27.2. The molecule has 1 amide bonds. The molecule has 1 atom stereocenters. The van der Waals surface area contributed by atoms with Crippen molar-refractivity contribution < 1.29 is 14.3 Å². The lowest BCUT2D eigenvalue weighted by Crippen LogP contribution is -2.42. The number of benzene rings is 2. The van der Waals surface area contributed by atoms with Gasteiger partial charge in [-0.15, -0.1) is 0 Å². The average Bonchev–Trinajstić information content (AvgIpc) is 3.19. The van der Waals surface area contributed by atoms with Crippen LogP contribution >= 0.6 is 0 Å². The van der Waals surface area contributed by atoms with Crippen LogP contribution in [0.3, 0.4) is 0 Å². The molecule has 1 unspecified atom stereocenters. The Kier molecular flexibility index (Phi) is 7.19. The molecule has 0 aliphatic carbocycles. The van der Waals surface area contributed by atoms with Crippen LogP contribution in [0.2, 0.25) is 0 Å². The molecule has 2 aromatic carbocycles. The molecular weight excluding hydrogens is 380 g/mol. The molecule has 0 bridgehead atoms. The molecule has 0 spiro atoms. The second kappa shape index (κ2) is 10.0. The zero-order chi connectivity index (χ0) is 21.5. The first-order valence-corrected chi connectivity index (χ1v) is 10.1. The van der Waals surface area contributed by atoms with Gasteiger partial charge in [-0.05, 0) is 44.3 Å². The average molecular weight is 409 g/mol. The molecule has 158 valence electrons. The van der Waals surface area contributed by atoms with Gasteiger partial charge in [-0.25, -0.2) is 4.79 Å². The van der Waals surface area contributed by atoms with Gasteiger partial charge >= 0.3 is 5.97 Å². The highest BCUT2D eigenvalue weighted by Gasteiger charge is 2.36. The minimum Gasteiger partial charge on any atom is -0.461 e. The Hall–Kier alpha value is -3.19. The number of rotatable bonds is 8. The quantitative estimate of drug-likeness (QED) is 0.680. The topological polar surface area (TPSA) is 74.2 Å². The first kappa shape index (κ1) is 21.5. The highest BCUT2D eigenvalue weighted by atomic mass is 16.5. The normalized spacial score (nSPS) is 15.8. The molecule has 0 aromatic heterocycles. The number of esters is 1. The van der Waals surface area contributed by atoms with Crippen LogP contribution in [0.15, 0.2) is 59.7 Å². The number of carbonyl (C=O) groups is 2. The van der Waals surface area contributed by atoms with Crippen molar-refractivity contribution in [2.75, 3.05) is 25.7 Å². The van der Waals surface area contributed by atoms with Gasteiger partial charge in [0.25, 0.3) is 0 Å². The first-order chi connectivity index (χ1) is 14.5. The Bertz CT molecular complexity index is 894. The van der Waals surface area contributed by atoms with Crippen molar-refractivity contribution >= 4 is 23.3 Å². The van der Waals surface area contributed by atoms with E-state index in [4.69, 9.17) is 4.74 Å². The SMILES string of the molecule is CCOC(=O)C1=NN(c2ccccc2)C(C(=O)NCc2ccc(CN(C)C)cc2)C1. The van der Waals surface area contributed by atoms with Crippen molar-refractivity contribution in [2.24, 2.45) is 5.10 Å². The number of para-hydroxylation sites is 1. The van der Waals surface area contributed by atoms with Crippen LogP contribution in [0.25, 0.3) is 0 Å². The third-order valence-electron chi connectivity index (χ3n) is 4.73. The van der Waals surface area contributed by atoms with Crippen molar-refractivity contribution in [2.45, 2.75) is 32.5 Å². The largest absolute Gasteiger partial charge is 0.461 e. The maximum atomic E-state index is 13.0. The molecule has 1 heterocycles. The van der Waals surface area contributed by atoms with E-state index in [9.17, 15) is 9.59 Å². The fourth-order valence-corrected chi connectivity index (χ4v) is 3.31. The summed E-state index contributed by atoms with van der Waals surface area (Å²) < 4.78 is 5.07. The lowest BCUT2D eigenvalue weighted by Gasteiger charge is -2.22. The van der Waals surface area contributed by atoms with Crippen molar-refractivity contribution in [3.05, 3.63) is 65.7 Å². The zero-order valence-corrected chi connectivity index (χ0v) is 17.7. The van der Waals surface area contributed by atoms with Gasteiger partial charge in [0.05, 0.1) is 12.3 Å². The molecular formula is C23H28N4O3. The number of hydrazone groups is 1. The molecule has 3 rings (SSSR count). The standard InChI is InChI=1S/C23H28N4O3/c1-4-30-23(29)20-14-21(27(25-20)19-8-6-5-7-9-19)22(28)24-15-17-10-12-18(13-11-17)16-26(2)3/h5-13,21H,4,14-16H2,1-3H3,(H,24,28). The number of hydrogen-bond acceptors (Lipinski definition) is 6. The molecule has 1 N–H and O–H groups in total. The van der Waals surface area contributed by atoms with E-state index < -0.39 is 12.0 Å². The van der Waals surface area contributed by atoms with Gasteiger partial charge in [0.1, 0.15) is 11.8 Å². The van der Waals surface area contributed by atoms with Crippen LogP contribution in [-0.4, -0.2) is 49.2 Å². The number of carbonyl (C=O) groups excluding carboxylic acids is 2. The van der Waals surface area contributed by atoms with Gasteiger partial charge < -0.3 is 15.0 Å². The predicted molar refractivity (Wildman–Crippen MR) is 117 cm³/mol. The summed E-state index contributed by atoms with van der Waals surface area (Å²) in [5, 5.41) is 8.96. The predicted octanol–water partition coefficient (Wildman–Crippen LogP) is 2.56. The number of ether oxygens (including phenoxy) is 1. The number of amides is 1. The smallest absolute Gasteiger partial charge is 0.354 e. The van der Waals surface area contributed by atoms with E-state index in [-0.39, 0.29) is 24.6 Å². The number of anilines is 1. The Balaban J connectivity index is 1.68. The number of nitrogens with one attached hydrogen (secondary N) is 1. The Morgan fingerprint density at radius 1 is 1.10 bits per heavy atom. The summed E-state index contributed by atoms with van der Waals surface area (Å²) in [7, 11) is 4.06. The lowest BCUT2D eigenvalue weighted by atomic mass is 10.1. The molecule has 0 saturated carbocycles. The van der Waals surface area contributed by atoms with Crippen LogP contribution in [0.1, 0.15) is 24.5 Å². The molecule has 2 aromatic rings. The molecule has 30 heavy (non-hydrogen) atoms. The van der Waals surface area contributed by atoms with Crippen LogP contribution in [0, 0.1) is 0 Å². The zero-order valence-electron chi connectivity index (χ0n) is 17.7. The number of hydrogen-bond donors (Lipinski definition) is 1. The van der Waals surface area contributed by atoms with Gasteiger partial charge in [-0.3, -0.25) is 9.80 Å². The second-order valence-electron chi connectivity index (χ2n) is 7.44. The maximum absolute atomic E-state index is 13.0. The summed E-state index contributed by atoms with van der Waals surface area (Å²) in [5.41, 5.74) is 3.24. The fraction of sp³-hybridized carbons (Fsp3) is 0.348. The van der Waals surface area contributed by atoms with Crippen LogP contribution < -0.4 is 10.3 Å². The van der Waals surface area contributed by atoms with E-state index in [0.29, 0.717) is 6.54 Å². The molecule has 1 aliphatic rings. The summed E-state index contributed by atoms with van der Waals surface area (Å²) in [6.45, 7) is 3.30. The Morgan fingerprint density at radius 2 is 1.77 bits per heavy atom. The van der Waals surface area contributed by atoms with Crippen molar-refractivity contribution in [1.82, 2.24) is 10.2 Å². The summed E-state index contributed by atoms with van der Waals surface area (Å²) in [5.74, 6) is -0.663. The highest BCUT2D eigenvalue weighted by molar-refractivity contribution is 6.38. The van der Waals surface area contributed by atoms with Gasteiger partial charge in [-0.2, -0.15) is 5.10 Å². The Labute approximate surface area is 177 Å². The van der Waals surface area contributed by atoms with Crippen LogP contribution in [-0.2, 0) is 27.4 Å². The van der Waals surface area contributed by atoms with Gasteiger partial charge in [0.2, 0.25) is 5.91 Å². The van der Waals surface area contributed by atoms with Crippen LogP contribution in [0.4, 0.5) is 5.69 Å². The van der Waals surface area contributed by atoms with Crippen LogP contribution in [0.5, 0.6) is 0 Å². The third kappa shape index (κ3) is 5.45.